The number of piperidine rings is 1. The Morgan fingerprint density at radius 1 is 1.31 bits per heavy atom. The van der Waals surface area contributed by atoms with Crippen LogP contribution in [-0.2, 0) is 21.7 Å². The van der Waals surface area contributed by atoms with Gasteiger partial charge < -0.3 is 15.4 Å². The number of nitrogens with zero attached hydrogens (tertiary/aromatic N) is 2. The third-order valence-electron chi connectivity index (χ3n) is 4.59. The van der Waals surface area contributed by atoms with Gasteiger partial charge in [0.1, 0.15) is 5.54 Å². The van der Waals surface area contributed by atoms with E-state index in [1.54, 1.807) is 10.9 Å². The number of amides is 1. The number of carbonyl (C=O) groups excluding carboxylic acids is 1. The van der Waals surface area contributed by atoms with Gasteiger partial charge in [0, 0.05) is 18.1 Å². The van der Waals surface area contributed by atoms with E-state index in [4.69, 9.17) is 4.74 Å². The van der Waals surface area contributed by atoms with Gasteiger partial charge in [-0.1, -0.05) is 12.1 Å². The number of anilines is 1. The topological polar surface area (TPSA) is 68.2 Å². The first-order valence-electron chi connectivity index (χ1n) is 8.83. The molecule has 1 aromatic heterocycles. The minimum absolute atomic E-state index is 0. The maximum absolute atomic E-state index is 13.1. The minimum Gasteiger partial charge on any atom is -0.374 e. The Morgan fingerprint density at radius 2 is 2.00 bits per heavy atom. The second-order valence-electron chi connectivity index (χ2n) is 6.74. The standard InChI is InChI=1S/C19H26N4O2.ClH/c1-15(2)25-14-16-4-6-17(7-5-16)22-18(24)19(8-11-20-12-9-19)23-13-3-10-21-23;/h3-7,10,13,15,20H,8-9,11-12,14H2,1-2H3,(H,22,24);1H. The van der Waals surface area contributed by atoms with E-state index in [1.807, 2.05) is 50.4 Å². The molecular formula is C19H27ClN4O2. The van der Waals surface area contributed by atoms with Crippen molar-refractivity contribution in [2.75, 3.05) is 18.4 Å². The number of hydrogen-bond acceptors (Lipinski definition) is 4. The van der Waals surface area contributed by atoms with Gasteiger partial charge >= 0.3 is 0 Å². The zero-order valence-electron chi connectivity index (χ0n) is 15.3. The first kappa shape index (κ1) is 20.4. The van der Waals surface area contributed by atoms with Crippen molar-refractivity contribution >= 4 is 24.0 Å². The average molecular weight is 379 g/mol. The highest BCUT2D eigenvalue weighted by Crippen LogP contribution is 2.28. The number of hydrogen-bond donors (Lipinski definition) is 2. The van der Waals surface area contributed by atoms with Crippen LogP contribution in [0.4, 0.5) is 5.69 Å². The Hall–Kier alpha value is -1.89. The second-order valence-corrected chi connectivity index (χ2v) is 6.74. The van der Waals surface area contributed by atoms with Crippen LogP contribution in [0.25, 0.3) is 0 Å². The fraction of sp³-hybridized carbons (Fsp3) is 0.474. The molecule has 1 aromatic carbocycles. The zero-order chi connectivity index (χ0) is 17.7. The molecule has 7 heteroatoms. The molecule has 1 aliphatic rings. The van der Waals surface area contributed by atoms with E-state index in [-0.39, 0.29) is 24.4 Å². The fourth-order valence-electron chi connectivity index (χ4n) is 3.12. The third kappa shape index (κ3) is 4.63. The Balaban J connectivity index is 0.00000243. The van der Waals surface area contributed by atoms with Gasteiger partial charge in [-0.3, -0.25) is 9.48 Å². The molecule has 2 heterocycles. The molecule has 3 rings (SSSR count). The van der Waals surface area contributed by atoms with Crippen LogP contribution in [-0.4, -0.2) is 34.9 Å². The summed E-state index contributed by atoms with van der Waals surface area (Å²) in [5.41, 5.74) is 1.26. The normalized spacial score (nSPS) is 16.1. The van der Waals surface area contributed by atoms with Gasteiger partial charge in [-0.25, -0.2) is 0 Å². The highest BCUT2D eigenvalue weighted by molar-refractivity contribution is 5.96. The summed E-state index contributed by atoms with van der Waals surface area (Å²) in [5.74, 6) is -0.0103. The molecular weight excluding hydrogens is 352 g/mol. The van der Waals surface area contributed by atoms with Crippen molar-refractivity contribution in [1.29, 1.82) is 0 Å². The predicted octanol–water partition coefficient (Wildman–Crippen LogP) is 2.95. The molecule has 0 radical (unpaired) electrons. The number of rotatable bonds is 6. The number of carbonyl (C=O) groups is 1. The van der Waals surface area contributed by atoms with Crippen LogP contribution in [0.3, 0.4) is 0 Å². The zero-order valence-corrected chi connectivity index (χ0v) is 16.1. The molecule has 2 N–H and O–H groups in total. The Labute approximate surface area is 160 Å². The van der Waals surface area contributed by atoms with Gasteiger partial charge in [0.25, 0.3) is 5.91 Å². The maximum atomic E-state index is 13.1. The van der Waals surface area contributed by atoms with Crippen molar-refractivity contribution in [3.05, 3.63) is 48.3 Å². The lowest BCUT2D eigenvalue weighted by Crippen LogP contribution is -2.52. The molecule has 1 saturated heterocycles. The molecule has 0 atom stereocenters. The van der Waals surface area contributed by atoms with Gasteiger partial charge in [-0.2, -0.15) is 5.10 Å². The maximum Gasteiger partial charge on any atom is 0.252 e. The van der Waals surface area contributed by atoms with Crippen molar-refractivity contribution in [2.45, 2.75) is 44.9 Å². The third-order valence-corrected chi connectivity index (χ3v) is 4.59. The number of aromatic nitrogens is 2. The predicted molar refractivity (Wildman–Crippen MR) is 105 cm³/mol. The summed E-state index contributed by atoms with van der Waals surface area (Å²) in [6.07, 6.45) is 5.24. The highest BCUT2D eigenvalue weighted by atomic mass is 35.5. The van der Waals surface area contributed by atoms with E-state index >= 15 is 0 Å². The number of nitrogens with one attached hydrogen (secondary N) is 2. The van der Waals surface area contributed by atoms with Crippen LogP contribution in [0.5, 0.6) is 0 Å². The number of ether oxygens (including phenoxy) is 1. The lowest BCUT2D eigenvalue weighted by molar-refractivity contribution is -0.126. The molecule has 142 valence electrons. The summed E-state index contributed by atoms with van der Waals surface area (Å²) in [5, 5.41) is 10.7. The van der Waals surface area contributed by atoms with Gasteiger partial charge in [0.2, 0.25) is 0 Å². The van der Waals surface area contributed by atoms with Crippen molar-refractivity contribution in [2.24, 2.45) is 0 Å². The molecule has 0 saturated carbocycles. The summed E-state index contributed by atoms with van der Waals surface area (Å²) in [4.78, 5) is 13.1. The smallest absolute Gasteiger partial charge is 0.252 e. The molecule has 0 spiro atoms. The van der Waals surface area contributed by atoms with Crippen LogP contribution in [0.15, 0.2) is 42.7 Å². The van der Waals surface area contributed by atoms with Crippen molar-refractivity contribution in [3.8, 4) is 0 Å². The monoisotopic (exact) mass is 378 g/mol. The largest absolute Gasteiger partial charge is 0.374 e. The quantitative estimate of drug-likeness (QED) is 0.810. The first-order chi connectivity index (χ1) is 12.1. The molecule has 0 aliphatic carbocycles. The Bertz CT molecular complexity index is 680. The molecule has 2 aromatic rings. The van der Waals surface area contributed by atoms with Crippen LogP contribution >= 0.6 is 12.4 Å². The van der Waals surface area contributed by atoms with E-state index < -0.39 is 5.54 Å². The van der Waals surface area contributed by atoms with E-state index in [9.17, 15) is 4.79 Å². The van der Waals surface area contributed by atoms with Crippen LogP contribution in [0.1, 0.15) is 32.3 Å². The van der Waals surface area contributed by atoms with Crippen LogP contribution in [0.2, 0.25) is 0 Å². The molecule has 6 nitrogen and oxygen atoms in total. The van der Waals surface area contributed by atoms with Crippen molar-refractivity contribution in [1.82, 2.24) is 15.1 Å². The fourth-order valence-corrected chi connectivity index (χ4v) is 3.12. The average Bonchev–Trinajstić information content (AvgIpc) is 3.17. The van der Waals surface area contributed by atoms with Gasteiger partial charge in [0.05, 0.1) is 12.7 Å². The van der Waals surface area contributed by atoms with Crippen LogP contribution in [0, 0.1) is 0 Å². The Morgan fingerprint density at radius 3 is 2.58 bits per heavy atom. The van der Waals surface area contributed by atoms with E-state index in [0.717, 1.165) is 37.2 Å². The Kier molecular flexibility index (Phi) is 7.20. The first-order valence-corrected chi connectivity index (χ1v) is 8.83. The molecule has 0 unspecified atom stereocenters. The summed E-state index contributed by atoms with van der Waals surface area (Å²) < 4.78 is 7.40. The summed E-state index contributed by atoms with van der Waals surface area (Å²) >= 11 is 0. The van der Waals surface area contributed by atoms with E-state index in [2.05, 4.69) is 15.7 Å². The molecule has 26 heavy (non-hydrogen) atoms. The number of halogens is 1. The van der Waals surface area contributed by atoms with E-state index in [1.165, 1.54) is 0 Å². The summed E-state index contributed by atoms with van der Waals surface area (Å²) in [7, 11) is 0. The summed E-state index contributed by atoms with van der Waals surface area (Å²) in [6, 6.07) is 9.69. The molecule has 1 aliphatic heterocycles. The number of benzene rings is 1. The van der Waals surface area contributed by atoms with Crippen molar-refractivity contribution in [3.63, 3.8) is 0 Å². The summed E-state index contributed by atoms with van der Waals surface area (Å²) in [6.45, 7) is 6.22. The van der Waals surface area contributed by atoms with Crippen molar-refractivity contribution < 1.29 is 9.53 Å². The minimum atomic E-state index is -0.631. The van der Waals surface area contributed by atoms with Gasteiger partial charge in [-0.05, 0) is 63.5 Å². The molecule has 1 amide bonds. The molecule has 0 bridgehead atoms. The highest BCUT2D eigenvalue weighted by Gasteiger charge is 2.41. The lowest BCUT2D eigenvalue weighted by atomic mass is 9.87. The lowest BCUT2D eigenvalue weighted by Gasteiger charge is -2.36. The van der Waals surface area contributed by atoms with Gasteiger partial charge in [0.15, 0.2) is 0 Å². The van der Waals surface area contributed by atoms with Gasteiger partial charge in [-0.15, -0.1) is 12.4 Å². The SMILES string of the molecule is CC(C)OCc1ccc(NC(=O)C2(n3cccn3)CCNCC2)cc1.Cl. The second kappa shape index (κ2) is 9.16. The van der Waals surface area contributed by atoms with Crippen LogP contribution < -0.4 is 10.6 Å². The molecule has 1 fully saturated rings. The van der Waals surface area contributed by atoms with E-state index in [0.29, 0.717) is 6.61 Å².